The largest absolute Gasteiger partial charge is 0.501 e. The number of piperazine rings is 2. The Morgan fingerprint density at radius 3 is 2.22 bits per heavy atom. The number of aliphatic carboxylic acids is 1. The van der Waals surface area contributed by atoms with Crippen LogP contribution >= 0.6 is 23.4 Å². The number of benzene rings is 4. The fraction of sp³-hybridized carbons (Fsp3) is 0.468. The van der Waals surface area contributed by atoms with Crippen molar-refractivity contribution in [3.05, 3.63) is 137 Å². The van der Waals surface area contributed by atoms with E-state index >= 15 is 0 Å². The number of ether oxygens (including phenoxy) is 2. The van der Waals surface area contributed by atoms with Gasteiger partial charge in [-0.1, -0.05) is 54.4 Å². The molecule has 4 aliphatic rings. The standard InChI is InChI=1S/C62H76ClF3N10O10S3/c1-61(44-74-29-33-76(34-30-74)57-20-19-55(69-70-57)60(80)67-24-5-36-86-42-58(77)78)23-21-53(45-9-13-48(63)14-10-45)47(40-61)41-73-27-31-75(32-28-73)50-15-11-46(12-16-50)59(79)71-89(83,84)52-17-18-54(56(39-52)88(81,82)62(64,65)66)68-49(43-87-51-7-3-2-4-8-51)22-26-72-25-6-37-85-38-35-72/h2-4,7-20,39,49,68H,5-6,21-38,40-44H2,1H3,(H,67,80)(H,71,79)(H,77,78). The average Bonchev–Trinajstić information content (AvgIpc) is 1.18. The molecule has 480 valence electrons. The van der Waals surface area contributed by atoms with Gasteiger partial charge in [0.15, 0.2) is 11.5 Å². The monoisotopic (exact) mass is 1310 g/mol. The van der Waals surface area contributed by atoms with E-state index < -0.39 is 58.8 Å². The second-order valence-corrected chi connectivity index (χ2v) is 28.2. The summed E-state index contributed by atoms with van der Waals surface area (Å²) in [5, 5.41) is 23.7. The minimum Gasteiger partial charge on any atom is -0.480 e. The molecule has 1 aromatic heterocycles. The molecule has 20 nitrogen and oxygen atoms in total. The molecule has 0 spiro atoms. The van der Waals surface area contributed by atoms with Crippen LogP contribution in [0, 0.1) is 5.41 Å². The smallest absolute Gasteiger partial charge is 0.480 e. The lowest BCUT2D eigenvalue weighted by Gasteiger charge is -2.44. The zero-order valence-electron chi connectivity index (χ0n) is 49.6. The number of anilines is 3. The molecule has 2 amide bonds. The van der Waals surface area contributed by atoms with E-state index in [9.17, 15) is 44.4 Å². The molecule has 89 heavy (non-hydrogen) atoms. The number of thioether (sulfide) groups is 1. The molecule has 0 saturated carbocycles. The van der Waals surface area contributed by atoms with Crippen LogP contribution in [0.5, 0.6) is 0 Å². The fourth-order valence-electron chi connectivity index (χ4n) is 11.6. The number of hydrogen-bond donors (Lipinski definition) is 4. The number of nitrogens with one attached hydrogen (secondary N) is 3. The molecular weight excluding hydrogens is 1230 g/mol. The van der Waals surface area contributed by atoms with Crippen molar-refractivity contribution in [2.45, 2.75) is 71.7 Å². The van der Waals surface area contributed by atoms with Crippen LogP contribution in [0.15, 0.2) is 129 Å². The van der Waals surface area contributed by atoms with Crippen molar-refractivity contribution in [3.63, 3.8) is 0 Å². The van der Waals surface area contributed by atoms with Gasteiger partial charge in [-0.25, -0.2) is 26.4 Å². The van der Waals surface area contributed by atoms with Gasteiger partial charge in [-0.2, -0.15) is 13.2 Å². The Kier molecular flexibility index (Phi) is 23.1. The van der Waals surface area contributed by atoms with Crippen LogP contribution in [0.3, 0.4) is 0 Å². The van der Waals surface area contributed by atoms with Crippen molar-refractivity contribution >= 4 is 83.8 Å². The first kappa shape index (κ1) is 67.0. The molecule has 1 aliphatic carbocycles. The first-order chi connectivity index (χ1) is 42.6. The molecular formula is C62H76ClF3N10O10S3. The van der Waals surface area contributed by atoms with Gasteiger partial charge in [0.1, 0.15) is 11.5 Å². The van der Waals surface area contributed by atoms with E-state index in [0.717, 1.165) is 113 Å². The zero-order valence-corrected chi connectivity index (χ0v) is 52.8. The van der Waals surface area contributed by atoms with Crippen LogP contribution < -0.4 is 25.2 Å². The van der Waals surface area contributed by atoms with E-state index in [1.807, 2.05) is 53.3 Å². The van der Waals surface area contributed by atoms with Gasteiger partial charge in [-0.3, -0.25) is 19.4 Å². The first-order valence-corrected chi connectivity index (χ1v) is 34.1. The number of carboxylic acids is 1. The number of hydrogen-bond acceptors (Lipinski definition) is 18. The van der Waals surface area contributed by atoms with Gasteiger partial charge in [-0.15, -0.1) is 22.0 Å². The maximum atomic E-state index is 14.4. The molecule has 3 aliphatic heterocycles. The molecule has 0 bridgehead atoms. The summed E-state index contributed by atoms with van der Waals surface area (Å²) >= 11 is 7.80. The third-order valence-electron chi connectivity index (χ3n) is 16.4. The molecule has 2 atom stereocenters. The van der Waals surface area contributed by atoms with Crippen molar-refractivity contribution in [3.8, 4) is 0 Å². The van der Waals surface area contributed by atoms with E-state index in [0.29, 0.717) is 81.4 Å². The summed E-state index contributed by atoms with van der Waals surface area (Å²) in [6, 6.07) is 29.1. The molecule has 0 radical (unpaired) electrons. The van der Waals surface area contributed by atoms with Crippen molar-refractivity contribution < 1.29 is 59.0 Å². The number of rotatable bonds is 26. The predicted octanol–water partition coefficient (Wildman–Crippen LogP) is 8.04. The van der Waals surface area contributed by atoms with Crippen molar-refractivity contribution in [2.24, 2.45) is 5.41 Å². The quantitative estimate of drug-likeness (QED) is 0.0303. The summed E-state index contributed by atoms with van der Waals surface area (Å²) < 4.78 is 110. The third kappa shape index (κ3) is 18.6. The highest BCUT2D eigenvalue weighted by Crippen LogP contribution is 2.44. The number of nitrogens with zero attached hydrogens (tertiary/aromatic N) is 7. The second kappa shape index (κ2) is 30.6. The Balaban J connectivity index is 0.794. The molecule has 3 saturated heterocycles. The summed E-state index contributed by atoms with van der Waals surface area (Å²) in [4.78, 5) is 47.1. The zero-order chi connectivity index (χ0) is 63.2. The summed E-state index contributed by atoms with van der Waals surface area (Å²) in [6.45, 7) is 13.4. The Morgan fingerprint density at radius 2 is 1.53 bits per heavy atom. The SMILES string of the molecule is CC1(CN2CCN(c3ccc(C(=O)NCCCOCC(=O)O)nn3)CC2)CCC(c2ccc(Cl)cc2)=C(CN2CCN(c3ccc(C(=O)NS(=O)(=O)c4ccc(NC(CCN5CCCOCC5)CSc5ccccc5)c(S(=O)(=O)C(F)(F)F)c4)cc3)CC2)C1. The minimum absolute atomic E-state index is 0.00777. The number of sulfonamides is 1. The molecule has 2 unspecified atom stereocenters. The number of carbonyl (C=O) groups is 3. The van der Waals surface area contributed by atoms with Crippen LogP contribution in [-0.4, -0.2) is 200 Å². The van der Waals surface area contributed by atoms with E-state index in [1.54, 1.807) is 18.2 Å². The molecule has 9 rings (SSSR count). The first-order valence-electron chi connectivity index (χ1n) is 29.8. The number of amides is 2. The minimum atomic E-state index is -6.10. The van der Waals surface area contributed by atoms with Gasteiger partial charge in [0.25, 0.3) is 31.7 Å². The number of allylic oxidation sites excluding steroid dienone is 1. The molecule has 4 N–H and O–H groups in total. The topological polar surface area (TPSA) is 236 Å². The van der Waals surface area contributed by atoms with Crippen LogP contribution in [0.25, 0.3) is 5.57 Å². The van der Waals surface area contributed by atoms with Gasteiger partial charge in [0, 0.05) is 138 Å². The van der Waals surface area contributed by atoms with Crippen molar-refractivity contribution in [2.75, 3.05) is 139 Å². The number of alkyl halides is 3. The maximum absolute atomic E-state index is 14.4. The number of carbonyl (C=O) groups excluding carboxylic acids is 2. The van der Waals surface area contributed by atoms with Crippen LogP contribution in [0.1, 0.15) is 71.9 Å². The van der Waals surface area contributed by atoms with Crippen LogP contribution in [-0.2, 0) is 34.1 Å². The maximum Gasteiger partial charge on any atom is 0.501 e. The van der Waals surface area contributed by atoms with Gasteiger partial charge >= 0.3 is 11.5 Å². The molecule has 4 heterocycles. The number of halogens is 4. The lowest BCUT2D eigenvalue weighted by Crippen LogP contribution is -2.50. The Labute approximate surface area is 527 Å². The fourth-order valence-corrected chi connectivity index (χ4v) is 14.8. The molecule has 5 aromatic rings. The summed E-state index contributed by atoms with van der Waals surface area (Å²) in [5.74, 6) is -1.41. The Morgan fingerprint density at radius 1 is 0.809 bits per heavy atom. The Bertz CT molecular complexity index is 3460. The summed E-state index contributed by atoms with van der Waals surface area (Å²) in [6.07, 6.45) is 4.54. The van der Waals surface area contributed by atoms with Crippen LogP contribution in [0.4, 0.5) is 30.4 Å². The lowest BCUT2D eigenvalue weighted by atomic mass is 9.71. The average molecular weight is 1310 g/mol. The lowest BCUT2D eigenvalue weighted by molar-refractivity contribution is -0.142. The number of aromatic nitrogens is 2. The highest BCUT2D eigenvalue weighted by molar-refractivity contribution is 7.99. The summed E-state index contributed by atoms with van der Waals surface area (Å²) in [7, 11) is -11.0. The van der Waals surface area contributed by atoms with Gasteiger partial charge in [0.05, 0.1) is 17.2 Å². The predicted molar refractivity (Wildman–Crippen MR) is 337 cm³/mol. The molecule has 4 aromatic carbocycles. The van der Waals surface area contributed by atoms with Gasteiger partial charge < -0.3 is 39.9 Å². The molecule has 3 fully saturated rings. The Hall–Kier alpha value is -6.36. The van der Waals surface area contributed by atoms with E-state index in [4.69, 9.17) is 26.2 Å². The molecule has 27 heteroatoms. The number of sulfone groups is 1. The summed E-state index contributed by atoms with van der Waals surface area (Å²) in [5.41, 5.74) is -1.31. The highest BCUT2D eigenvalue weighted by Gasteiger charge is 2.49. The second-order valence-electron chi connectivity index (χ2n) is 23.1. The van der Waals surface area contributed by atoms with E-state index in [1.165, 1.54) is 35.0 Å². The van der Waals surface area contributed by atoms with Crippen molar-refractivity contribution in [1.82, 2.24) is 34.9 Å². The third-order valence-corrected chi connectivity index (χ3v) is 20.7. The highest BCUT2D eigenvalue weighted by atomic mass is 35.5. The van der Waals surface area contributed by atoms with E-state index in [-0.39, 0.29) is 35.8 Å². The van der Waals surface area contributed by atoms with E-state index in [2.05, 4.69) is 64.4 Å². The van der Waals surface area contributed by atoms with Crippen molar-refractivity contribution in [1.29, 1.82) is 0 Å². The van der Waals surface area contributed by atoms with Gasteiger partial charge in [0.2, 0.25) is 0 Å². The van der Waals surface area contributed by atoms with Gasteiger partial charge in [-0.05, 0) is 134 Å². The normalized spacial score (nSPS) is 18.9. The number of carboxylic acid groups (broad SMARTS) is 1. The van der Waals surface area contributed by atoms with Crippen LogP contribution in [0.2, 0.25) is 5.02 Å².